The first-order chi connectivity index (χ1) is 16.9. The number of hydrogen-bond donors (Lipinski definition) is 0. The van der Waals surface area contributed by atoms with Crippen LogP contribution < -0.4 is 0 Å². The van der Waals surface area contributed by atoms with Gasteiger partial charge in [-0.1, -0.05) is 30.3 Å². The molecule has 5 nitrogen and oxygen atoms in total. The molecular formula is C26H27F4N3O2. The van der Waals surface area contributed by atoms with E-state index in [2.05, 4.69) is 17.0 Å². The van der Waals surface area contributed by atoms with Gasteiger partial charge in [-0.2, -0.15) is 13.2 Å². The lowest BCUT2D eigenvalue weighted by Gasteiger charge is -2.32. The van der Waals surface area contributed by atoms with E-state index >= 15 is 0 Å². The zero-order valence-corrected chi connectivity index (χ0v) is 19.2. The summed E-state index contributed by atoms with van der Waals surface area (Å²) in [6.07, 6.45) is -1.71. The predicted molar refractivity (Wildman–Crippen MR) is 122 cm³/mol. The van der Waals surface area contributed by atoms with Crippen LogP contribution in [0.1, 0.15) is 35.7 Å². The summed E-state index contributed by atoms with van der Waals surface area (Å²) in [7, 11) is 0. The monoisotopic (exact) mass is 489 g/mol. The minimum atomic E-state index is -4.78. The molecule has 186 valence electrons. The summed E-state index contributed by atoms with van der Waals surface area (Å²) in [6, 6.07) is 13.3. The van der Waals surface area contributed by atoms with E-state index in [1.165, 1.54) is 11.6 Å². The third-order valence-corrected chi connectivity index (χ3v) is 6.61. The number of hydrogen-bond acceptors (Lipinski definition) is 4. The van der Waals surface area contributed by atoms with Crippen LogP contribution in [0.3, 0.4) is 0 Å². The molecule has 1 aromatic heterocycles. The number of aromatic nitrogens is 2. The van der Waals surface area contributed by atoms with Crippen LogP contribution in [0.15, 0.2) is 54.7 Å². The second-order valence-corrected chi connectivity index (χ2v) is 9.04. The van der Waals surface area contributed by atoms with Gasteiger partial charge in [-0.3, -0.25) is 4.90 Å². The van der Waals surface area contributed by atoms with Crippen LogP contribution in [0.25, 0.3) is 11.3 Å². The van der Waals surface area contributed by atoms with E-state index < -0.39 is 23.8 Å². The summed E-state index contributed by atoms with van der Waals surface area (Å²) in [6.45, 7) is 4.09. The maximum absolute atomic E-state index is 13.8. The molecule has 0 atom stereocenters. The minimum absolute atomic E-state index is 0.153. The van der Waals surface area contributed by atoms with E-state index in [1.807, 2.05) is 22.8 Å². The number of benzene rings is 2. The first-order valence-corrected chi connectivity index (χ1v) is 11.8. The number of halogens is 4. The quantitative estimate of drug-likeness (QED) is 0.431. The third-order valence-electron chi connectivity index (χ3n) is 6.61. The lowest BCUT2D eigenvalue weighted by atomic mass is 9.95. The molecule has 5 rings (SSSR count). The van der Waals surface area contributed by atoms with E-state index in [1.54, 1.807) is 6.20 Å². The summed E-state index contributed by atoms with van der Waals surface area (Å²) >= 11 is 0. The van der Waals surface area contributed by atoms with Gasteiger partial charge in [-0.25, -0.2) is 9.37 Å². The average molecular weight is 490 g/mol. The summed E-state index contributed by atoms with van der Waals surface area (Å²) in [5.41, 5.74) is 0.591. The lowest BCUT2D eigenvalue weighted by Crippen LogP contribution is -2.33. The molecule has 2 fully saturated rings. The van der Waals surface area contributed by atoms with Gasteiger partial charge < -0.3 is 14.0 Å². The van der Waals surface area contributed by atoms with Crippen LogP contribution in [0.5, 0.6) is 0 Å². The summed E-state index contributed by atoms with van der Waals surface area (Å²) in [5.74, 6) is -0.337. The summed E-state index contributed by atoms with van der Waals surface area (Å²) < 4.78 is 66.8. The van der Waals surface area contributed by atoms with Crippen LogP contribution in [0, 0.1) is 5.82 Å². The van der Waals surface area contributed by atoms with E-state index in [0.717, 1.165) is 50.4 Å². The fraction of sp³-hybridized carbons (Fsp3) is 0.423. The molecule has 2 saturated heterocycles. The van der Waals surface area contributed by atoms with Gasteiger partial charge in [0.1, 0.15) is 11.6 Å². The van der Waals surface area contributed by atoms with Crippen molar-refractivity contribution in [2.24, 2.45) is 0 Å². The number of piperidine rings is 1. The number of nitrogens with zero attached hydrogens (tertiary/aromatic N) is 3. The van der Waals surface area contributed by atoms with Gasteiger partial charge in [0.05, 0.1) is 31.0 Å². The highest BCUT2D eigenvalue weighted by molar-refractivity contribution is 5.60. The zero-order valence-electron chi connectivity index (χ0n) is 19.2. The Labute approximate surface area is 201 Å². The van der Waals surface area contributed by atoms with Crippen molar-refractivity contribution < 1.29 is 27.0 Å². The first-order valence-electron chi connectivity index (χ1n) is 11.8. The molecule has 2 aliphatic rings. The second kappa shape index (κ2) is 10.1. The van der Waals surface area contributed by atoms with Crippen molar-refractivity contribution in [2.75, 3.05) is 26.3 Å². The molecule has 0 saturated carbocycles. The maximum Gasteiger partial charge on any atom is 0.419 e. The Morgan fingerprint density at radius 2 is 1.69 bits per heavy atom. The van der Waals surface area contributed by atoms with Gasteiger partial charge >= 0.3 is 6.18 Å². The average Bonchev–Trinajstić information content (AvgIpc) is 3.50. The van der Waals surface area contributed by atoms with E-state index in [9.17, 15) is 17.6 Å². The molecule has 35 heavy (non-hydrogen) atoms. The Kier molecular flexibility index (Phi) is 6.91. The van der Waals surface area contributed by atoms with E-state index in [0.29, 0.717) is 25.5 Å². The normalized spacial score (nSPS) is 18.4. The first kappa shape index (κ1) is 24.0. The summed E-state index contributed by atoms with van der Waals surface area (Å²) in [5, 5.41) is 0. The molecule has 0 bridgehead atoms. The predicted octanol–water partition coefficient (Wildman–Crippen LogP) is 5.46. The Bertz CT molecular complexity index is 1140. The Balaban J connectivity index is 1.38. The van der Waals surface area contributed by atoms with Crippen molar-refractivity contribution in [3.63, 3.8) is 0 Å². The van der Waals surface area contributed by atoms with Crippen molar-refractivity contribution in [1.29, 1.82) is 0 Å². The van der Waals surface area contributed by atoms with Crippen molar-refractivity contribution in [3.05, 3.63) is 77.5 Å². The van der Waals surface area contributed by atoms with Crippen LogP contribution in [0.4, 0.5) is 17.6 Å². The van der Waals surface area contributed by atoms with Crippen molar-refractivity contribution in [3.8, 4) is 11.3 Å². The highest BCUT2D eigenvalue weighted by Gasteiger charge is 2.35. The lowest BCUT2D eigenvalue weighted by molar-refractivity contribution is -0.139. The van der Waals surface area contributed by atoms with Crippen LogP contribution in [-0.2, 0) is 28.7 Å². The third kappa shape index (κ3) is 5.58. The smallest absolute Gasteiger partial charge is 0.348 e. The van der Waals surface area contributed by atoms with Gasteiger partial charge in [0.2, 0.25) is 0 Å². The number of ether oxygens (including phenoxy) is 2. The standard InChI is InChI=1S/C26H27F4N3O2/c27-22-7-6-20(14-21(22)26(28,29)30)23-16-33(17-24-34-12-13-35-24)25(31-23)19-8-10-32(11-9-19)15-18-4-2-1-3-5-18/h1-7,14,16,19,24H,8-13,15,17H2. The molecule has 2 aliphatic heterocycles. The molecule has 3 heterocycles. The fourth-order valence-corrected chi connectivity index (χ4v) is 4.81. The van der Waals surface area contributed by atoms with Crippen molar-refractivity contribution in [1.82, 2.24) is 14.5 Å². The molecule has 9 heteroatoms. The topological polar surface area (TPSA) is 39.5 Å². The Morgan fingerprint density at radius 1 is 0.971 bits per heavy atom. The second-order valence-electron chi connectivity index (χ2n) is 9.04. The highest BCUT2D eigenvalue weighted by Crippen LogP contribution is 2.36. The van der Waals surface area contributed by atoms with Crippen LogP contribution in [-0.4, -0.2) is 47.0 Å². The molecule has 2 aromatic carbocycles. The Hall–Kier alpha value is -2.75. The van der Waals surface area contributed by atoms with Crippen LogP contribution in [0.2, 0.25) is 0 Å². The molecule has 0 spiro atoms. The number of likely N-dealkylation sites (tertiary alicyclic amines) is 1. The number of imidazole rings is 1. The van der Waals surface area contributed by atoms with Gasteiger partial charge in [0, 0.05) is 24.2 Å². The maximum atomic E-state index is 13.8. The minimum Gasteiger partial charge on any atom is -0.348 e. The Morgan fingerprint density at radius 3 is 2.37 bits per heavy atom. The van der Waals surface area contributed by atoms with Gasteiger partial charge in [-0.15, -0.1) is 0 Å². The molecular weight excluding hydrogens is 462 g/mol. The molecule has 0 amide bonds. The van der Waals surface area contributed by atoms with Crippen molar-refractivity contribution in [2.45, 2.75) is 44.3 Å². The van der Waals surface area contributed by atoms with Crippen molar-refractivity contribution >= 4 is 0 Å². The number of alkyl halides is 3. The van der Waals surface area contributed by atoms with E-state index in [-0.39, 0.29) is 11.5 Å². The summed E-state index contributed by atoms with van der Waals surface area (Å²) in [4.78, 5) is 7.15. The fourth-order valence-electron chi connectivity index (χ4n) is 4.81. The zero-order chi connectivity index (χ0) is 24.4. The van der Waals surface area contributed by atoms with Gasteiger partial charge in [0.15, 0.2) is 6.29 Å². The number of rotatable bonds is 6. The molecule has 3 aromatic rings. The SMILES string of the molecule is Fc1ccc(-c2cn(CC3OCCO3)c(C3CCN(Cc4ccccc4)CC3)n2)cc1C(F)(F)F. The van der Waals surface area contributed by atoms with Gasteiger partial charge in [-0.05, 0) is 49.7 Å². The van der Waals surface area contributed by atoms with Gasteiger partial charge in [0.25, 0.3) is 0 Å². The van der Waals surface area contributed by atoms with E-state index in [4.69, 9.17) is 14.5 Å². The molecule has 0 N–H and O–H groups in total. The molecule has 0 unspecified atom stereocenters. The largest absolute Gasteiger partial charge is 0.419 e. The molecule has 0 radical (unpaired) electrons. The highest BCUT2D eigenvalue weighted by atomic mass is 19.4. The molecule has 0 aliphatic carbocycles. The van der Waals surface area contributed by atoms with Crippen LogP contribution >= 0.6 is 0 Å².